The molecule has 40 heavy (non-hydrogen) atoms. The molecule has 0 aliphatic carbocycles. The lowest BCUT2D eigenvalue weighted by Gasteiger charge is -2.31. The van der Waals surface area contributed by atoms with Crippen LogP contribution in [0.4, 0.5) is 0 Å². The zero-order valence-electron chi connectivity index (χ0n) is 24.7. The molecule has 0 amide bonds. The van der Waals surface area contributed by atoms with Crippen LogP contribution in [0.3, 0.4) is 0 Å². The fourth-order valence-corrected chi connectivity index (χ4v) is 7.74. The molecule has 0 radical (unpaired) electrons. The second-order valence-corrected chi connectivity index (χ2v) is 15.2. The monoisotopic (exact) mass is 630 g/mol. The van der Waals surface area contributed by atoms with E-state index >= 15 is 0 Å². The highest BCUT2D eigenvalue weighted by molar-refractivity contribution is 7.99. The van der Waals surface area contributed by atoms with E-state index in [4.69, 9.17) is 36.5 Å². The second-order valence-electron chi connectivity index (χ2n) is 8.67. The smallest absolute Gasteiger partial charge is 0.465 e. The topological polar surface area (TPSA) is 142 Å². The van der Waals surface area contributed by atoms with Gasteiger partial charge in [-0.3, -0.25) is 14.2 Å². The molecule has 0 heterocycles. The molecule has 1 atom stereocenters. The number of thioether (sulfide) groups is 1. The minimum absolute atomic E-state index is 0.120. The van der Waals surface area contributed by atoms with Crippen LogP contribution >= 0.6 is 19.4 Å². The third-order valence-corrected chi connectivity index (χ3v) is 11.9. The van der Waals surface area contributed by atoms with E-state index < -0.39 is 39.7 Å². The number of hydrogen-bond donors (Lipinski definition) is 0. The van der Waals surface area contributed by atoms with Gasteiger partial charge in [0.25, 0.3) is 0 Å². The first-order valence-electron chi connectivity index (χ1n) is 13.2. The predicted molar refractivity (Wildman–Crippen MR) is 154 cm³/mol. The summed E-state index contributed by atoms with van der Waals surface area (Å²) in [5.74, 6) is -0.346. The maximum atomic E-state index is 12.6. The summed E-state index contributed by atoms with van der Waals surface area (Å²) in [5.41, 5.74) is -0.963. The Balaban J connectivity index is 4.88. The van der Waals surface area contributed by atoms with Gasteiger partial charge in [-0.2, -0.15) is 11.8 Å². The summed E-state index contributed by atoms with van der Waals surface area (Å²) in [6.07, 6.45) is 2.08. The summed E-state index contributed by atoms with van der Waals surface area (Å²) in [5, 5.41) is 0. The summed E-state index contributed by atoms with van der Waals surface area (Å²) in [6.45, 7) is 8.47. The van der Waals surface area contributed by atoms with Gasteiger partial charge in [-0.05, 0) is 32.4 Å². The Kier molecular flexibility index (Phi) is 20.8. The lowest BCUT2D eigenvalue weighted by Crippen LogP contribution is -2.42. The Morgan fingerprint density at radius 1 is 0.850 bits per heavy atom. The predicted octanol–water partition coefficient (Wildman–Crippen LogP) is 4.25. The Labute approximate surface area is 244 Å². The van der Waals surface area contributed by atoms with Crippen LogP contribution in [0.1, 0.15) is 46.5 Å². The number of carbonyl (C=O) groups is 3. The molecule has 0 rings (SSSR count). The molecule has 0 bridgehead atoms. The molecule has 0 aliphatic heterocycles. The van der Waals surface area contributed by atoms with Crippen molar-refractivity contribution in [1.82, 2.24) is 0 Å². The molecule has 234 valence electrons. The molecule has 12 nitrogen and oxygen atoms in total. The fourth-order valence-electron chi connectivity index (χ4n) is 3.32. The lowest BCUT2D eigenvalue weighted by molar-refractivity contribution is -0.160. The maximum Gasteiger partial charge on any atom is 0.500 e. The van der Waals surface area contributed by atoms with E-state index in [2.05, 4.69) is 6.58 Å². The molecular formula is C25H47O12PSSi. The van der Waals surface area contributed by atoms with E-state index in [1.54, 1.807) is 53.9 Å². The van der Waals surface area contributed by atoms with Gasteiger partial charge in [-0.1, -0.05) is 13.5 Å². The fraction of sp³-hybridized carbons (Fsp3) is 0.800. The molecule has 0 spiro atoms. The van der Waals surface area contributed by atoms with Crippen LogP contribution < -0.4 is 0 Å². The van der Waals surface area contributed by atoms with Crippen molar-refractivity contribution < 1.29 is 55.5 Å². The van der Waals surface area contributed by atoms with Crippen LogP contribution in [0.5, 0.6) is 0 Å². The van der Waals surface area contributed by atoms with Gasteiger partial charge in [0.15, 0.2) is 0 Å². The molecule has 1 unspecified atom stereocenters. The SMILES string of the molecule is C=CC(=O)OCC(CC)(COC(=O)CCSCCC[Si](OC)(OC)OC)COC(=O)CCP(=O)(OCC)OCC. The average molecular weight is 631 g/mol. The molecule has 0 aromatic rings. The zero-order chi connectivity index (χ0) is 30.5. The van der Waals surface area contributed by atoms with Gasteiger partial charge >= 0.3 is 34.3 Å². The first-order valence-corrected chi connectivity index (χ1v) is 18.1. The zero-order valence-corrected chi connectivity index (χ0v) is 27.4. The Morgan fingerprint density at radius 3 is 1.85 bits per heavy atom. The summed E-state index contributed by atoms with van der Waals surface area (Å²) < 4.78 is 55.3. The third-order valence-electron chi connectivity index (χ3n) is 5.91. The molecule has 0 saturated heterocycles. The van der Waals surface area contributed by atoms with Crippen molar-refractivity contribution in [2.75, 3.05) is 72.0 Å². The Morgan fingerprint density at radius 2 is 1.38 bits per heavy atom. The lowest BCUT2D eigenvalue weighted by atomic mass is 9.88. The molecule has 0 saturated carbocycles. The van der Waals surface area contributed by atoms with E-state index in [1.807, 2.05) is 0 Å². The van der Waals surface area contributed by atoms with Crippen LogP contribution in [0, 0.1) is 5.41 Å². The van der Waals surface area contributed by atoms with Crippen molar-refractivity contribution in [2.45, 2.75) is 52.5 Å². The van der Waals surface area contributed by atoms with E-state index in [0.29, 0.717) is 18.2 Å². The van der Waals surface area contributed by atoms with E-state index in [9.17, 15) is 18.9 Å². The second kappa shape index (κ2) is 21.5. The van der Waals surface area contributed by atoms with Crippen molar-refractivity contribution in [3.8, 4) is 0 Å². The van der Waals surface area contributed by atoms with Gasteiger partial charge in [-0.15, -0.1) is 0 Å². The number of hydrogen-bond acceptors (Lipinski definition) is 13. The van der Waals surface area contributed by atoms with Crippen molar-refractivity contribution in [2.24, 2.45) is 5.41 Å². The highest BCUT2D eigenvalue weighted by Crippen LogP contribution is 2.48. The number of ether oxygens (including phenoxy) is 3. The van der Waals surface area contributed by atoms with E-state index in [-0.39, 0.29) is 52.0 Å². The van der Waals surface area contributed by atoms with Gasteiger partial charge in [-0.25, -0.2) is 4.79 Å². The highest BCUT2D eigenvalue weighted by Gasteiger charge is 2.37. The normalized spacial score (nSPS) is 13.3. The highest BCUT2D eigenvalue weighted by atomic mass is 32.2. The van der Waals surface area contributed by atoms with Crippen LogP contribution in [0.15, 0.2) is 12.7 Å². The van der Waals surface area contributed by atoms with Gasteiger partial charge in [0.2, 0.25) is 0 Å². The van der Waals surface area contributed by atoms with E-state index in [0.717, 1.165) is 18.2 Å². The van der Waals surface area contributed by atoms with Crippen LogP contribution in [0.25, 0.3) is 0 Å². The first-order chi connectivity index (χ1) is 19.0. The molecule has 0 aromatic heterocycles. The molecule has 0 fully saturated rings. The summed E-state index contributed by atoms with van der Waals surface area (Å²) in [6, 6.07) is 0.671. The Hall–Kier alpha value is -1.25. The maximum absolute atomic E-state index is 12.6. The quantitative estimate of drug-likeness (QED) is 0.0355. The van der Waals surface area contributed by atoms with Crippen molar-refractivity contribution in [3.63, 3.8) is 0 Å². The Bertz CT molecular complexity index is 792. The standard InChI is InChI=1S/C25H47O12PSSi/c1-8-22(26)33-19-25(9-2,20-34-23(27)13-15-38(29,36-10-3)37-11-4)21-35-24(28)14-17-39-16-12-18-40(30-5,31-6)32-7/h8H,1,9-21H2,2-7H3. The number of esters is 3. The first kappa shape index (κ1) is 38.7. The number of carbonyl (C=O) groups excluding carboxylic acids is 3. The van der Waals surface area contributed by atoms with Crippen molar-refractivity contribution in [1.29, 1.82) is 0 Å². The average Bonchev–Trinajstić information content (AvgIpc) is 2.96. The number of rotatable bonds is 25. The van der Waals surface area contributed by atoms with Gasteiger partial charge in [0.1, 0.15) is 19.8 Å². The van der Waals surface area contributed by atoms with Crippen LogP contribution in [-0.2, 0) is 55.5 Å². The largest absolute Gasteiger partial charge is 0.500 e. The molecule has 0 aliphatic rings. The molecule has 0 N–H and O–H groups in total. The van der Waals surface area contributed by atoms with Gasteiger partial charge in [0.05, 0.1) is 37.6 Å². The van der Waals surface area contributed by atoms with Gasteiger partial charge in [0, 0.05) is 39.2 Å². The van der Waals surface area contributed by atoms with Crippen molar-refractivity contribution in [3.05, 3.63) is 12.7 Å². The molecule has 0 aromatic carbocycles. The van der Waals surface area contributed by atoms with Crippen LogP contribution in [0.2, 0.25) is 6.04 Å². The summed E-state index contributed by atoms with van der Waals surface area (Å²) in [4.78, 5) is 36.6. The van der Waals surface area contributed by atoms with Gasteiger partial charge < -0.3 is 36.5 Å². The summed E-state index contributed by atoms with van der Waals surface area (Å²) >= 11 is 1.60. The van der Waals surface area contributed by atoms with E-state index in [1.165, 1.54) is 0 Å². The summed E-state index contributed by atoms with van der Waals surface area (Å²) in [7, 11) is -1.29. The molecule has 15 heteroatoms. The minimum Gasteiger partial charge on any atom is -0.465 e. The van der Waals surface area contributed by atoms with Crippen LogP contribution in [-0.4, -0.2) is 98.7 Å². The van der Waals surface area contributed by atoms with Crippen molar-refractivity contribution >= 4 is 46.1 Å². The molecular weight excluding hydrogens is 583 g/mol. The third kappa shape index (κ3) is 15.7. The minimum atomic E-state index is -3.40.